The number of nitrogens with zero attached hydrogens (tertiary/aromatic N) is 1. The molecule has 2 aliphatic heterocycles. The van der Waals surface area contributed by atoms with E-state index in [0.29, 0.717) is 18.2 Å². The minimum atomic E-state index is 0.0974. The second-order valence-corrected chi connectivity index (χ2v) is 7.45. The number of rotatable bonds is 3. The van der Waals surface area contributed by atoms with Gasteiger partial charge in [0, 0.05) is 29.6 Å². The van der Waals surface area contributed by atoms with Crippen LogP contribution >= 0.6 is 0 Å². The maximum absolute atomic E-state index is 12.0. The molecule has 3 nitrogen and oxygen atoms in total. The highest BCUT2D eigenvalue weighted by molar-refractivity contribution is 5.85. The predicted octanol–water partition coefficient (Wildman–Crippen LogP) is 4.24. The zero-order valence-electron chi connectivity index (χ0n) is 14.2. The minimum Gasteiger partial charge on any atom is -0.357 e. The van der Waals surface area contributed by atoms with E-state index in [2.05, 4.69) is 41.1 Å². The molecule has 2 aliphatic rings. The van der Waals surface area contributed by atoms with Gasteiger partial charge in [-0.05, 0) is 56.2 Å². The van der Waals surface area contributed by atoms with Gasteiger partial charge in [0.1, 0.15) is 5.78 Å². The number of benzene rings is 1. The number of aromatic nitrogens is 1. The SMILES string of the molecule is CC[C@@]1(CC(C)=O)CCCN2CCc3c([nH]c4ccccc34)[C@@H]21. The van der Waals surface area contributed by atoms with Crippen molar-refractivity contribution in [3.05, 3.63) is 35.5 Å². The number of hydrogen-bond acceptors (Lipinski definition) is 2. The van der Waals surface area contributed by atoms with Crippen molar-refractivity contribution < 1.29 is 4.79 Å². The Morgan fingerprint density at radius 2 is 2.17 bits per heavy atom. The molecule has 0 amide bonds. The third kappa shape index (κ3) is 2.25. The summed E-state index contributed by atoms with van der Waals surface area (Å²) in [6.45, 7) is 6.31. The summed E-state index contributed by atoms with van der Waals surface area (Å²) in [6.07, 6.45) is 5.28. The first kappa shape index (κ1) is 14.9. The summed E-state index contributed by atoms with van der Waals surface area (Å²) in [7, 11) is 0. The smallest absolute Gasteiger partial charge is 0.130 e. The highest BCUT2D eigenvalue weighted by Gasteiger charge is 2.47. The number of fused-ring (bicyclic) bond motifs is 5. The van der Waals surface area contributed by atoms with Gasteiger partial charge in [-0.25, -0.2) is 0 Å². The molecule has 2 aromatic rings. The Bertz CT molecular complexity index is 747. The zero-order valence-corrected chi connectivity index (χ0v) is 14.2. The molecule has 0 radical (unpaired) electrons. The van der Waals surface area contributed by atoms with E-state index in [9.17, 15) is 4.79 Å². The largest absolute Gasteiger partial charge is 0.357 e. The van der Waals surface area contributed by atoms with Crippen molar-refractivity contribution >= 4 is 16.7 Å². The molecule has 0 saturated carbocycles. The lowest BCUT2D eigenvalue weighted by Crippen LogP contribution is -2.49. The predicted molar refractivity (Wildman–Crippen MR) is 93.6 cm³/mol. The van der Waals surface area contributed by atoms with Gasteiger partial charge in [0.05, 0.1) is 6.04 Å². The van der Waals surface area contributed by atoms with Crippen LogP contribution in [0.2, 0.25) is 0 Å². The summed E-state index contributed by atoms with van der Waals surface area (Å²) >= 11 is 0. The van der Waals surface area contributed by atoms with Crippen molar-refractivity contribution in [3.8, 4) is 0 Å². The molecule has 0 bridgehead atoms. The third-order valence-corrected chi connectivity index (χ3v) is 6.14. The number of piperidine rings is 1. The van der Waals surface area contributed by atoms with E-state index in [4.69, 9.17) is 0 Å². The van der Waals surface area contributed by atoms with E-state index in [1.54, 1.807) is 6.92 Å². The average molecular weight is 310 g/mol. The molecule has 1 aromatic heterocycles. The van der Waals surface area contributed by atoms with Crippen molar-refractivity contribution in [1.82, 2.24) is 9.88 Å². The van der Waals surface area contributed by atoms with E-state index < -0.39 is 0 Å². The Kier molecular flexibility index (Phi) is 3.56. The topological polar surface area (TPSA) is 36.1 Å². The normalized spacial score (nSPS) is 27.7. The van der Waals surface area contributed by atoms with Crippen LogP contribution in [0, 0.1) is 5.41 Å². The quantitative estimate of drug-likeness (QED) is 0.920. The van der Waals surface area contributed by atoms with Crippen LogP contribution in [0.15, 0.2) is 24.3 Å². The van der Waals surface area contributed by atoms with Gasteiger partial charge in [-0.2, -0.15) is 0 Å². The van der Waals surface area contributed by atoms with E-state index in [1.807, 2.05) is 0 Å². The highest BCUT2D eigenvalue weighted by atomic mass is 16.1. The van der Waals surface area contributed by atoms with Crippen LogP contribution in [0.1, 0.15) is 56.8 Å². The first-order chi connectivity index (χ1) is 11.1. The molecule has 1 fully saturated rings. The molecule has 1 N–H and O–H groups in total. The van der Waals surface area contributed by atoms with Crippen LogP contribution in [0.3, 0.4) is 0 Å². The number of carbonyl (C=O) groups is 1. The van der Waals surface area contributed by atoms with Crippen molar-refractivity contribution in [2.24, 2.45) is 5.41 Å². The number of carbonyl (C=O) groups excluding carboxylic acids is 1. The summed E-state index contributed by atoms with van der Waals surface area (Å²) in [5.41, 5.74) is 4.23. The Labute approximate surface area is 138 Å². The van der Waals surface area contributed by atoms with Crippen LogP contribution in [0.5, 0.6) is 0 Å². The van der Waals surface area contributed by atoms with Gasteiger partial charge in [0.15, 0.2) is 0 Å². The van der Waals surface area contributed by atoms with Crippen LogP contribution < -0.4 is 0 Å². The summed E-state index contributed by atoms with van der Waals surface area (Å²) in [5.74, 6) is 0.330. The van der Waals surface area contributed by atoms with Crippen LogP contribution in [-0.4, -0.2) is 28.8 Å². The van der Waals surface area contributed by atoms with Gasteiger partial charge in [-0.15, -0.1) is 0 Å². The van der Waals surface area contributed by atoms with Gasteiger partial charge < -0.3 is 9.78 Å². The van der Waals surface area contributed by atoms with Crippen molar-refractivity contribution in [1.29, 1.82) is 0 Å². The first-order valence-corrected chi connectivity index (χ1v) is 8.97. The molecule has 0 spiro atoms. The Balaban J connectivity index is 1.88. The van der Waals surface area contributed by atoms with Crippen molar-refractivity contribution in [2.45, 2.75) is 52.0 Å². The number of aromatic amines is 1. The summed E-state index contributed by atoms with van der Waals surface area (Å²) in [5, 5.41) is 1.38. The number of hydrogen-bond donors (Lipinski definition) is 1. The van der Waals surface area contributed by atoms with Crippen LogP contribution in [0.25, 0.3) is 10.9 Å². The molecule has 4 rings (SSSR count). The molecular weight excluding hydrogens is 284 g/mol. The number of ketones is 1. The molecule has 3 heteroatoms. The molecule has 1 saturated heterocycles. The summed E-state index contributed by atoms with van der Waals surface area (Å²) in [4.78, 5) is 18.4. The second kappa shape index (κ2) is 5.48. The summed E-state index contributed by atoms with van der Waals surface area (Å²) in [6, 6.07) is 9.03. The minimum absolute atomic E-state index is 0.0974. The fourth-order valence-electron chi connectivity index (χ4n) is 5.17. The monoisotopic (exact) mass is 310 g/mol. The standard InChI is InChI=1S/C20H26N2O/c1-3-20(13-14(2)23)10-6-11-22-12-9-16-15-7-4-5-8-17(15)21-18(16)19(20)22/h4-5,7-8,19,21H,3,6,9-13H2,1-2H3/t19-,20+/m1/s1. The Morgan fingerprint density at radius 1 is 1.35 bits per heavy atom. The number of para-hydroxylation sites is 1. The first-order valence-electron chi connectivity index (χ1n) is 8.97. The molecule has 0 unspecified atom stereocenters. The molecule has 3 heterocycles. The highest BCUT2D eigenvalue weighted by Crippen LogP contribution is 2.53. The Hall–Kier alpha value is -1.61. The van der Waals surface area contributed by atoms with E-state index in [0.717, 1.165) is 19.4 Å². The zero-order chi connectivity index (χ0) is 16.0. The summed E-state index contributed by atoms with van der Waals surface area (Å²) < 4.78 is 0. The van der Waals surface area contributed by atoms with Gasteiger partial charge in [-0.3, -0.25) is 4.90 Å². The molecule has 0 aliphatic carbocycles. The van der Waals surface area contributed by atoms with Gasteiger partial charge in [-0.1, -0.05) is 25.1 Å². The fourth-order valence-corrected chi connectivity index (χ4v) is 5.17. The van der Waals surface area contributed by atoms with Crippen LogP contribution in [0.4, 0.5) is 0 Å². The maximum atomic E-state index is 12.0. The second-order valence-electron chi connectivity index (χ2n) is 7.45. The molecular formula is C20H26N2O. The number of Topliss-reactive ketones (excluding diaryl/α,β-unsaturated/α-hetero) is 1. The lowest BCUT2D eigenvalue weighted by Gasteiger charge is -2.51. The molecule has 122 valence electrons. The number of H-pyrrole nitrogens is 1. The molecule has 23 heavy (non-hydrogen) atoms. The molecule has 2 atom stereocenters. The van der Waals surface area contributed by atoms with Crippen molar-refractivity contribution in [3.63, 3.8) is 0 Å². The number of nitrogens with one attached hydrogen (secondary N) is 1. The van der Waals surface area contributed by atoms with Gasteiger partial charge >= 0.3 is 0 Å². The average Bonchev–Trinajstić information content (AvgIpc) is 2.92. The fraction of sp³-hybridized carbons (Fsp3) is 0.550. The Morgan fingerprint density at radius 3 is 2.96 bits per heavy atom. The van der Waals surface area contributed by atoms with E-state index in [-0.39, 0.29) is 5.41 Å². The van der Waals surface area contributed by atoms with E-state index in [1.165, 1.54) is 41.5 Å². The van der Waals surface area contributed by atoms with Crippen molar-refractivity contribution in [2.75, 3.05) is 13.1 Å². The van der Waals surface area contributed by atoms with Crippen LogP contribution in [-0.2, 0) is 11.2 Å². The van der Waals surface area contributed by atoms with Gasteiger partial charge in [0.2, 0.25) is 0 Å². The lowest BCUT2D eigenvalue weighted by atomic mass is 9.65. The van der Waals surface area contributed by atoms with Gasteiger partial charge in [0.25, 0.3) is 0 Å². The molecule has 1 aromatic carbocycles. The van der Waals surface area contributed by atoms with E-state index >= 15 is 0 Å². The maximum Gasteiger partial charge on any atom is 0.130 e. The lowest BCUT2D eigenvalue weighted by molar-refractivity contribution is -0.122. The third-order valence-electron chi connectivity index (χ3n) is 6.14.